The number of carbonyl (C=O) groups excluding carboxylic acids is 3. The average Bonchev–Trinajstić information content (AvgIpc) is 4.14. The highest BCUT2D eigenvalue weighted by Crippen LogP contribution is 2.40. The third-order valence-electron chi connectivity index (χ3n) is 12.8. The van der Waals surface area contributed by atoms with Crippen molar-refractivity contribution >= 4 is 63.4 Å². The van der Waals surface area contributed by atoms with Crippen LogP contribution in [0.4, 0.5) is 13.2 Å². The molecule has 3 amide bonds. The van der Waals surface area contributed by atoms with Gasteiger partial charge >= 0.3 is 6.18 Å². The van der Waals surface area contributed by atoms with Crippen molar-refractivity contribution < 1.29 is 42.3 Å². The fraction of sp³-hybridized carbons (Fsp3) is 0.444. The molecule has 0 aliphatic carbocycles. The molecule has 6 heterocycles. The number of aliphatic hydroxyl groups excluding tert-OH is 2. The molecule has 4 aliphatic heterocycles. The maximum atomic E-state index is 13.4. The highest BCUT2D eigenvalue weighted by atomic mass is 35.5. The van der Waals surface area contributed by atoms with Crippen molar-refractivity contribution in [1.29, 1.82) is 0 Å². The molecule has 352 valence electrons. The van der Waals surface area contributed by atoms with Gasteiger partial charge in [-0.1, -0.05) is 46.6 Å². The minimum Gasteiger partial charge on any atom is -0.390 e. The topological polar surface area (TPSA) is 155 Å². The van der Waals surface area contributed by atoms with E-state index in [0.29, 0.717) is 105 Å². The number of fused-ring (bicyclic) bond motifs is 1. The molecule has 5 unspecified atom stereocenters. The summed E-state index contributed by atoms with van der Waals surface area (Å²) in [4.78, 5) is 49.5. The molecule has 9 rings (SSSR count). The van der Waals surface area contributed by atoms with E-state index in [1.807, 2.05) is 15.9 Å². The maximum Gasteiger partial charge on any atom is 0.417 e. The number of hydrogen-bond acceptors (Lipinski definition) is 11. The normalized spacial score (nSPS) is 22.7. The molecular weight excluding hydrogens is 926 g/mol. The molecule has 66 heavy (non-hydrogen) atoms. The zero-order valence-electron chi connectivity index (χ0n) is 35.9. The number of aromatic nitrogens is 3. The number of likely N-dealkylation sites (tertiary alicyclic amines) is 2. The first-order chi connectivity index (χ1) is 31.5. The third kappa shape index (κ3) is 10.5. The van der Waals surface area contributed by atoms with Crippen molar-refractivity contribution in [3.05, 3.63) is 117 Å². The van der Waals surface area contributed by atoms with Crippen molar-refractivity contribution in [3.63, 3.8) is 0 Å². The standard InChI is InChI=1S/C25H25Cl2F3N4O3.C20H24ClN5O3/c1-14-10-15(11-17(21(14)26)25(28,29)30)23(27)33-8-6-32(7-9-33)19-12-34(13-20(19)35)24(36)22-16-4-2-3-5-18(16)31-37-22;21-16-4-2-15(3-5-16)20(29)24-10-8-23(9-11-24)17-12-25(13-18(17)27)19(28)14-26-7-1-6-22-26/h2-5,10-11,19-20,23,35H,6-9,12-13H2,1H3;1-7,17-18,27H,8-14H2. The van der Waals surface area contributed by atoms with Gasteiger partial charge in [0.25, 0.3) is 11.8 Å². The van der Waals surface area contributed by atoms with E-state index in [1.165, 1.54) is 6.92 Å². The molecule has 4 aliphatic rings. The van der Waals surface area contributed by atoms with Gasteiger partial charge in [-0.05, 0) is 66.6 Å². The number of aliphatic hydroxyl groups is 2. The molecule has 4 saturated heterocycles. The minimum atomic E-state index is -4.58. The first-order valence-electron chi connectivity index (χ1n) is 21.6. The van der Waals surface area contributed by atoms with Gasteiger partial charge in [-0.25, -0.2) is 0 Å². The summed E-state index contributed by atoms with van der Waals surface area (Å²) in [5.74, 6) is -0.237. The summed E-state index contributed by atoms with van der Waals surface area (Å²) >= 11 is 18.4. The zero-order chi connectivity index (χ0) is 46.9. The molecule has 5 aromatic rings. The van der Waals surface area contributed by atoms with Gasteiger partial charge in [0.1, 0.15) is 17.6 Å². The van der Waals surface area contributed by atoms with E-state index in [9.17, 15) is 37.8 Å². The second-order valence-electron chi connectivity index (χ2n) is 17.0. The highest BCUT2D eigenvalue weighted by Gasteiger charge is 2.42. The van der Waals surface area contributed by atoms with Crippen LogP contribution >= 0.6 is 34.8 Å². The number of hydrogen-bond donors (Lipinski definition) is 2. The first-order valence-corrected chi connectivity index (χ1v) is 22.8. The Morgan fingerprint density at radius 3 is 2.05 bits per heavy atom. The molecular formula is C45H49Cl3F3N9O6. The van der Waals surface area contributed by atoms with Crippen molar-refractivity contribution in [1.82, 2.24) is 44.3 Å². The third-order valence-corrected chi connectivity index (χ3v) is 14.0. The van der Waals surface area contributed by atoms with Gasteiger partial charge in [0.05, 0.1) is 40.3 Å². The van der Waals surface area contributed by atoms with E-state index in [1.54, 1.807) is 81.5 Å². The van der Waals surface area contributed by atoms with Crippen LogP contribution in [0.25, 0.3) is 10.9 Å². The van der Waals surface area contributed by atoms with Gasteiger partial charge in [-0.15, -0.1) is 11.6 Å². The smallest absolute Gasteiger partial charge is 0.390 e. The molecule has 0 spiro atoms. The molecule has 2 N–H and O–H groups in total. The number of benzene rings is 3. The van der Waals surface area contributed by atoms with Crippen LogP contribution in [0, 0.1) is 6.92 Å². The second-order valence-corrected chi connectivity index (χ2v) is 18.2. The van der Waals surface area contributed by atoms with Gasteiger partial charge in [0.2, 0.25) is 11.7 Å². The number of carbonyl (C=O) groups is 3. The summed E-state index contributed by atoms with van der Waals surface area (Å²) in [6, 6.07) is 18.0. The molecule has 5 atom stereocenters. The monoisotopic (exact) mass is 973 g/mol. The Balaban J connectivity index is 0.000000185. The van der Waals surface area contributed by atoms with Crippen LogP contribution in [0.5, 0.6) is 0 Å². The highest BCUT2D eigenvalue weighted by molar-refractivity contribution is 6.32. The summed E-state index contributed by atoms with van der Waals surface area (Å²) in [6.45, 7) is 7.58. The number of nitrogens with zero attached hydrogens (tertiary/aromatic N) is 9. The van der Waals surface area contributed by atoms with Crippen LogP contribution in [0.3, 0.4) is 0 Å². The largest absolute Gasteiger partial charge is 0.417 e. The van der Waals surface area contributed by atoms with E-state index in [0.717, 1.165) is 6.07 Å². The summed E-state index contributed by atoms with van der Waals surface area (Å²) in [5.41, 5.74) is 0.207. The van der Waals surface area contributed by atoms with Crippen LogP contribution in [-0.2, 0) is 17.5 Å². The van der Waals surface area contributed by atoms with Crippen LogP contribution in [0.15, 0.2) is 83.6 Å². The van der Waals surface area contributed by atoms with Crippen LogP contribution in [-0.4, -0.2) is 175 Å². The summed E-state index contributed by atoms with van der Waals surface area (Å²) in [7, 11) is 0. The van der Waals surface area contributed by atoms with Crippen LogP contribution in [0.2, 0.25) is 10.0 Å². The fourth-order valence-electron chi connectivity index (χ4n) is 9.13. The quantitative estimate of drug-likeness (QED) is 0.158. The number of aryl methyl sites for hydroxylation is 1. The number of piperazine rings is 2. The Morgan fingerprint density at radius 1 is 0.788 bits per heavy atom. The van der Waals surface area contributed by atoms with E-state index < -0.39 is 29.4 Å². The second kappa shape index (κ2) is 20.2. The summed E-state index contributed by atoms with van der Waals surface area (Å²) in [5, 5.41) is 30.2. The van der Waals surface area contributed by atoms with E-state index in [4.69, 9.17) is 39.3 Å². The number of halogens is 6. The Bertz CT molecular complexity index is 2500. The molecule has 0 saturated carbocycles. The SMILES string of the molecule is Cc1cc(C(Cl)N2CCN(C3CN(C(=O)c4onc5ccccc45)CC3O)CC2)cc(C(F)(F)F)c1Cl.O=C(Cn1cccn1)N1CC(O)C(N2CCN(C(=O)c3ccc(Cl)cc3)CC2)C1. The lowest BCUT2D eigenvalue weighted by Gasteiger charge is -2.40. The number of alkyl halides is 4. The van der Waals surface area contributed by atoms with Gasteiger partial charge in [-0.2, -0.15) is 18.3 Å². The molecule has 3 aromatic carbocycles. The van der Waals surface area contributed by atoms with Crippen LogP contribution < -0.4 is 0 Å². The number of amides is 3. The minimum absolute atomic E-state index is 0.00989. The Hall–Kier alpha value is -4.79. The lowest BCUT2D eigenvalue weighted by atomic mass is 10.0. The predicted molar refractivity (Wildman–Crippen MR) is 240 cm³/mol. The summed E-state index contributed by atoms with van der Waals surface area (Å²) < 4.78 is 47.1. The molecule has 4 fully saturated rings. The lowest BCUT2D eigenvalue weighted by Crippen LogP contribution is -2.55. The molecule has 15 nitrogen and oxygen atoms in total. The molecule has 2 aromatic heterocycles. The Kier molecular flexibility index (Phi) is 14.6. The lowest BCUT2D eigenvalue weighted by molar-refractivity contribution is -0.137. The zero-order valence-corrected chi connectivity index (χ0v) is 38.2. The van der Waals surface area contributed by atoms with E-state index in [-0.39, 0.29) is 53.7 Å². The average molecular weight is 975 g/mol. The van der Waals surface area contributed by atoms with Crippen molar-refractivity contribution in [2.24, 2.45) is 0 Å². The maximum absolute atomic E-state index is 13.4. The van der Waals surface area contributed by atoms with E-state index >= 15 is 0 Å². The molecule has 21 heteroatoms. The first kappa shape index (κ1) is 47.7. The number of rotatable bonds is 8. The van der Waals surface area contributed by atoms with Gasteiger partial charge in [-0.3, -0.25) is 33.8 Å². The number of β-amino-alcohol motifs (C(OH)–C–C–N with tert-alkyl or cyclic N) is 2. The Morgan fingerprint density at radius 2 is 1.41 bits per heavy atom. The predicted octanol–water partition coefficient (Wildman–Crippen LogP) is 5.12. The van der Waals surface area contributed by atoms with Crippen molar-refractivity contribution in [2.45, 2.75) is 49.4 Å². The fourth-order valence-corrected chi connectivity index (χ4v) is 9.79. The van der Waals surface area contributed by atoms with Crippen molar-refractivity contribution in [2.75, 3.05) is 78.5 Å². The molecule has 0 radical (unpaired) electrons. The van der Waals surface area contributed by atoms with E-state index in [2.05, 4.69) is 20.1 Å². The van der Waals surface area contributed by atoms with Gasteiger partial charge < -0.3 is 29.4 Å². The Labute approximate surface area is 393 Å². The van der Waals surface area contributed by atoms with Crippen molar-refractivity contribution in [3.8, 4) is 0 Å². The summed E-state index contributed by atoms with van der Waals surface area (Å²) in [6.07, 6.45) is -2.52. The van der Waals surface area contributed by atoms with Gasteiger partial charge in [0.15, 0.2) is 0 Å². The van der Waals surface area contributed by atoms with Gasteiger partial charge in [0, 0.05) is 102 Å². The molecule has 0 bridgehead atoms. The van der Waals surface area contributed by atoms with Crippen LogP contribution in [0.1, 0.15) is 43.1 Å².